The summed E-state index contributed by atoms with van der Waals surface area (Å²) in [6, 6.07) is 12.7. The molecule has 4 aromatic rings. The molecule has 3 heterocycles. The van der Waals surface area contributed by atoms with Gasteiger partial charge in [-0.2, -0.15) is 36.1 Å². The number of aromatic nitrogens is 2. The van der Waals surface area contributed by atoms with Crippen molar-refractivity contribution in [2.24, 2.45) is 0 Å². The Labute approximate surface area is 302 Å². The Bertz CT molecular complexity index is 2030. The van der Waals surface area contributed by atoms with Crippen molar-refractivity contribution < 1.29 is 26.4 Å². The molecule has 264 valence electrons. The van der Waals surface area contributed by atoms with E-state index >= 15 is 0 Å². The second kappa shape index (κ2) is 15.4. The van der Waals surface area contributed by atoms with E-state index in [9.17, 15) is 26.4 Å². The predicted molar refractivity (Wildman–Crippen MR) is 188 cm³/mol. The maximum atomic E-state index is 13.9. The van der Waals surface area contributed by atoms with Gasteiger partial charge in [0, 0.05) is 41.8 Å². The Morgan fingerprint density at radius 3 is 2.36 bits per heavy atom. The number of nitrogens with zero attached hydrogens (tertiary/aromatic N) is 3. The first kappa shape index (κ1) is 36.4. The minimum Gasteiger partial charge on any atom is -0.283 e. The predicted octanol–water partition coefficient (Wildman–Crippen LogP) is 7.32. The highest BCUT2D eigenvalue weighted by molar-refractivity contribution is 7.87. The first-order chi connectivity index (χ1) is 23.9. The number of rotatable bonds is 9. The average molecular weight is 766 g/mol. The lowest BCUT2D eigenvalue weighted by atomic mass is 10.1. The van der Waals surface area contributed by atoms with Gasteiger partial charge in [0.1, 0.15) is 0 Å². The Morgan fingerprint density at radius 2 is 1.68 bits per heavy atom. The fourth-order valence-electron chi connectivity index (χ4n) is 5.96. The Balaban J connectivity index is 1.41. The van der Waals surface area contributed by atoms with Crippen LogP contribution in [0.5, 0.6) is 0 Å². The van der Waals surface area contributed by atoms with Gasteiger partial charge in [0.25, 0.3) is 16.1 Å². The van der Waals surface area contributed by atoms with Crippen molar-refractivity contribution in [2.45, 2.75) is 63.7 Å². The van der Waals surface area contributed by atoms with Gasteiger partial charge in [0.2, 0.25) is 0 Å². The van der Waals surface area contributed by atoms with Crippen molar-refractivity contribution in [3.8, 4) is 28.1 Å². The monoisotopic (exact) mass is 764 g/mol. The lowest BCUT2D eigenvalue weighted by molar-refractivity contribution is -0.137. The largest absolute Gasteiger partial charge is 0.416 e. The van der Waals surface area contributed by atoms with Gasteiger partial charge in [-0.3, -0.25) is 10.2 Å². The van der Waals surface area contributed by atoms with E-state index < -0.39 is 27.9 Å². The van der Waals surface area contributed by atoms with E-state index in [1.54, 1.807) is 30.3 Å². The van der Waals surface area contributed by atoms with Crippen LogP contribution in [0, 0.1) is 11.8 Å². The van der Waals surface area contributed by atoms with E-state index in [1.165, 1.54) is 28.2 Å². The molecule has 0 radical (unpaired) electrons. The number of amides is 1. The number of carbonyl (C=O) groups excluding carboxylic acids is 1. The van der Waals surface area contributed by atoms with Gasteiger partial charge in [-0.15, -0.1) is 11.3 Å². The van der Waals surface area contributed by atoms with Gasteiger partial charge < -0.3 is 0 Å². The number of hydrazine groups is 1. The highest BCUT2D eigenvalue weighted by Gasteiger charge is 2.31. The quantitative estimate of drug-likeness (QED) is 0.155. The molecule has 1 saturated carbocycles. The lowest BCUT2D eigenvalue weighted by Gasteiger charge is -2.26. The van der Waals surface area contributed by atoms with E-state index in [-0.39, 0.29) is 23.3 Å². The summed E-state index contributed by atoms with van der Waals surface area (Å²) < 4.78 is 72.3. The molecular weight excluding hydrogens is 732 g/mol. The Morgan fingerprint density at radius 1 is 0.960 bits per heavy atom. The Hall–Kier alpha value is -3.42. The molecule has 2 aromatic carbocycles. The molecule has 1 amide bonds. The maximum absolute atomic E-state index is 13.9. The maximum Gasteiger partial charge on any atom is 0.416 e. The average Bonchev–Trinajstić information content (AvgIpc) is 3.83. The zero-order chi connectivity index (χ0) is 35.5. The van der Waals surface area contributed by atoms with Crippen LogP contribution in [0.15, 0.2) is 54.6 Å². The third-order valence-corrected chi connectivity index (χ3v) is 11.2. The zero-order valence-electron chi connectivity index (χ0n) is 26.6. The van der Waals surface area contributed by atoms with Crippen LogP contribution in [-0.2, 0) is 22.9 Å². The standard InChI is InChI=1S/C34H33Cl2F3N6O3S2/c35-24-13-16-29(28(36)20-24)45-32(30-17-15-26(49-30)14-10-22-8-11-23(12-9-22)34(37,38)39)27(21-40-50(47,48)43-25-6-2-3-7-25)31(41-45)33(46)42-44-18-4-1-5-19-44/h8-9,11-13,15-17,20,25,40,43H,1-7,18-19,21H2,(H,42,46). The molecule has 0 spiro atoms. The number of hydrogen-bond donors (Lipinski definition) is 3. The van der Waals surface area contributed by atoms with Crippen LogP contribution in [-0.4, -0.2) is 48.2 Å². The summed E-state index contributed by atoms with van der Waals surface area (Å²) >= 11 is 14.1. The van der Waals surface area contributed by atoms with Gasteiger partial charge in [0.05, 0.1) is 31.7 Å². The van der Waals surface area contributed by atoms with Gasteiger partial charge in [-0.1, -0.05) is 54.3 Å². The molecule has 1 saturated heterocycles. The number of piperidine rings is 1. The van der Waals surface area contributed by atoms with Crippen molar-refractivity contribution in [1.82, 2.24) is 29.7 Å². The minimum absolute atomic E-state index is 0.00550. The van der Waals surface area contributed by atoms with Crippen LogP contribution >= 0.6 is 34.5 Å². The highest BCUT2D eigenvalue weighted by atomic mass is 35.5. The first-order valence-electron chi connectivity index (χ1n) is 16.1. The molecule has 6 rings (SSSR count). The van der Waals surface area contributed by atoms with Gasteiger partial charge in [0.15, 0.2) is 5.69 Å². The topological polar surface area (TPSA) is 108 Å². The SMILES string of the molecule is O=C(NN1CCCCC1)c1nn(-c2ccc(Cl)cc2Cl)c(-c2ccc(C#Cc3ccc(C(F)(F)F)cc3)s2)c1CNS(=O)(=O)NC1CCCC1. The van der Waals surface area contributed by atoms with Crippen LogP contribution < -0.4 is 14.9 Å². The number of halogens is 5. The lowest BCUT2D eigenvalue weighted by Crippen LogP contribution is -2.45. The molecule has 2 aromatic heterocycles. The molecule has 50 heavy (non-hydrogen) atoms. The van der Waals surface area contributed by atoms with Crippen LogP contribution in [0.4, 0.5) is 13.2 Å². The summed E-state index contributed by atoms with van der Waals surface area (Å²) in [6.07, 6.45) is 1.82. The molecule has 1 aliphatic carbocycles. The molecular formula is C34H33Cl2F3N6O3S2. The summed E-state index contributed by atoms with van der Waals surface area (Å²) in [5, 5.41) is 7.19. The number of benzene rings is 2. The van der Waals surface area contributed by atoms with Crippen molar-refractivity contribution >= 4 is 50.7 Å². The number of hydrogen-bond acceptors (Lipinski definition) is 6. The second-order valence-electron chi connectivity index (χ2n) is 12.1. The molecule has 16 heteroatoms. The smallest absolute Gasteiger partial charge is 0.283 e. The van der Waals surface area contributed by atoms with E-state index in [0.717, 1.165) is 57.1 Å². The fraction of sp³-hybridized carbons (Fsp3) is 0.353. The van der Waals surface area contributed by atoms with Crippen LogP contribution in [0.1, 0.15) is 77.0 Å². The summed E-state index contributed by atoms with van der Waals surface area (Å²) in [5.41, 5.74) is 3.70. The summed E-state index contributed by atoms with van der Waals surface area (Å²) in [7, 11) is -3.96. The highest BCUT2D eigenvalue weighted by Crippen LogP contribution is 2.37. The van der Waals surface area contributed by atoms with Crippen molar-refractivity contribution in [3.05, 3.63) is 91.9 Å². The van der Waals surface area contributed by atoms with E-state index in [4.69, 9.17) is 28.3 Å². The van der Waals surface area contributed by atoms with Crippen molar-refractivity contribution in [1.29, 1.82) is 0 Å². The molecule has 9 nitrogen and oxygen atoms in total. The van der Waals surface area contributed by atoms with E-state index in [0.29, 0.717) is 50.4 Å². The van der Waals surface area contributed by atoms with Crippen molar-refractivity contribution in [3.63, 3.8) is 0 Å². The Kier molecular flexibility index (Phi) is 11.2. The number of nitrogens with one attached hydrogen (secondary N) is 3. The number of carbonyl (C=O) groups is 1. The molecule has 0 bridgehead atoms. The van der Waals surface area contributed by atoms with E-state index in [1.807, 2.05) is 5.01 Å². The van der Waals surface area contributed by atoms with E-state index in [2.05, 4.69) is 26.7 Å². The molecule has 0 atom stereocenters. The van der Waals surface area contributed by atoms with Gasteiger partial charge in [-0.25, -0.2) is 9.69 Å². The van der Waals surface area contributed by atoms with Gasteiger partial charge in [-0.05, 0) is 80.3 Å². The van der Waals surface area contributed by atoms with Crippen LogP contribution in [0.3, 0.4) is 0 Å². The van der Waals surface area contributed by atoms with Gasteiger partial charge >= 0.3 is 6.18 Å². The number of thiophene rings is 1. The molecule has 0 unspecified atom stereocenters. The first-order valence-corrected chi connectivity index (χ1v) is 19.1. The van der Waals surface area contributed by atoms with Crippen molar-refractivity contribution in [2.75, 3.05) is 13.1 Å². The zero-order valence-corrected chi connectivity index (χ0v) is 29.8. The molecule has 2 fully saturated rings. The minimum atomic E-state index is -4.45. The fourth-order valence-corrected chi connectivity index (χ4v) is 8.46. The second-order valence-corrected chi connectivity index (χ2v) is 15.5. The molecule has 3 N–H and O–H groups in total. The summed E-state index contributed by atoms with van der Waals surface area (Å²) in [5.74, 6) is 5.38. The van der Waals surface area contributed by atoms with Crippen LogP contribution in [0.2, 0.25) is 10.0 Å². The third kappa shape index (κ3) is 8.89. The third-order valence-electron chi connectivity index (χ3n) is 8.45. The van der Waals surface area contributed by atoms with Crippen LogP contribution in [0.25, 0.3) is 16.3 Å². The summed E-state index contributed by atoms with van der Waals surface area (Å²) in [4.78, 5) is 15.1. The molecule has 1 aliphatic heterocycles. The normalized spacial score (nSPS) is 15.9. The molecule has 2 aliphatic rings. The number of alkyl halides is 3. The summed E-state index contributed by atoms with van der Waals surface area (Å²) in [6.45, 7) is 1.07.